The second-order valence-electron chi connectivity index (χ2n) is 5.78. The highest BCUT2D eigenvalue weighted by atomic mass is 19.1. The Morgan fingerprint density at radius 2 is 1.88 bits per heavy atom. The van der Waals surface area contributed by atoms with Crippen LogP contribution in [0.3, 0.4) is 0 Å². The van der Waals surface area contributed by atoms with Gasteiger partial charge in [-0.3, -0.25) is 9.88 Å². The zero-order chi connectivity index (χ0) is 16.6. The molecule has 0 saturated carbocycles. The van der Waals surface area contributed by atoms with Gasteiger partial charge in [0.05, 0.1) is 12.0 Å². The lowest BCUT2D eigenvalue weighted by molar-refractivity contribution is 0.242. The third-order valence-electron chi connectivity index (χ3n) is 3.91. The maximum atomic E-state index is 14.0. The van der Waals surface area contributed by atoms with Crippen molar-refractivity contribution in [1.82, 2.24) is 19.4 Å². The Balaban J connectivity index is 1.64. The van der Waals surface area contributed by atoms with Crippen molar-refractivity contribution in [3.05, 3.63) is 84.5 Å². The Labute approximate surface area is 141 Å². The van der Waals surface area contributed by atoms with Crippen molar-refractivity contribution < 1.29 is 4.39 Å². The van der Waals surface area contributed by atoms with Crippen molar-refractivity contribution in [3.63, 3.8) is 0 Å². The third-order valence-corrected chi connectivity index (χ3v) is 3.91. The molecule has 0 spiro atoms. The zero-order valence-electron chi connectivity index (χ0n) is 13.6. The van der Waals surface area contributed by atoms with E-state index >= 15 is 0 Å². The van der Waals surface area contributed by atoms with Gasteiger partial charge in [-0.1, -0.05) is 24.3 Å². The van der Waals surface area contributed by atoms with E-state index < -0.39 is 0 Å². The van der Waals surface area contributed by atoms with Gasteiger partial charge in [0.2, 0.25) is 0 Å². The summed E-state index contributed by atoms with van der Waals surface area (Å²) in [5, 5.41) is 0. The average Bonchev–Trinajstić information content (AvgIpc) is 3.11. The molecule has 124 valence electrons. The fourth-order valence-corrected chi connectivity index (χ4v) is 2.70. The maximum absolute atomic E-state index is 14.0. The van der Waals surface area contributed by atoms with E-state index in [0.717, 1.165) is 30.8 Å². The summed E-state index contributed by atoms with van der Waals surface area (Å²) in [6.07, 6.45) is 8.32. The predicted octanol–water partition coefficient (Wildman–Crippen LogP) is 3.51. The molecule has 1 aromatic carbocycles. The summed E-state index contributed by atoms with van der Waals surface area (Å²) in [7, 11) is 0. The fourth-order valence-electron chi connectivity index (χ4n) is 2.70. The van der Waals surface area contributed by atoms with Gasteiger partial charge in [0.15, 0.2) is 0 Å². The first-order valence-corrected chi connectivity index (χ1v) is 8.12. The first kappa shape index (κ1) is 16.3. The van der Waals surface area contributed by atoms with Crippen molar-refractivity contribution in [2.75, 3.05) is 6.54 Å². The molecular formula is C19H21FN4. The molecule has 0 bridgehead atoms. The van der Waals surface area contributed by atoms with Crippen molar-refractivity contribution in [2.45, 2.75) is 26.1 Å². The summed E-state index contributed by atoms with van der Waals surface area (Å²) in [6.45, 7) is 3.05. The van der Waals surface area contributed by atoms with Crippen molar-refractivity contribution in [2.24, 2.45) is 0 Å². The molecule has 24 heavy (non-hydrogen) atoms. The molecule has 0 aliphatic heterocycles. The van der Waals surface area contributed by atoms with E-state index in [9.17, 15) is 4.39 Å². The van der Waals surface area contributed by atoms with Gasteiger partial charge in [0.25, 0.3) is 0 Å². The minimum Gasteiger partial charge on any atom is -0.337 e. The van der Waals surface area contributed by atoms with E-state index in [0.29, 0.717) is 13.1 Å². The maximum Gasteiger partial charge on any atom is 0.127 e. The first-order chi connectivity index (χ1) is 11.8. The summed E-state index contributed by atoms with van der Waals surface area (Å²) in [4.78, 5) is 10.7. The molecular weight excluding hydrogens is 303 g/mol. The Morgan fingerprint density at radius 1 is 1.00 bits per heavy atom. The summed E-state index contributed by atoms with van der Waals surface area (Å²) < 4.78 is 16.0. The van der Waals surface area contributed by atoms with Gasteiger partial charge >= 0.3 is 0 Å². The molecule has 0 amide bonds. The number of hydrogen-bond acceptors (Lipinski definition) is 3. The number of aryl methyl sites for hydroxylation is 1. The smallest absolute Gasteiger partial charge is 0.127 e. The number of rotatable bonds is 8. The van der Waals surface area contributed by atoms with Crippen LogP contribution in [-0.4, -0.2) is 26.0 Å². The van der Waals surface area contributed by atoms with Gasteiger partial charge in [-0.25, -0.2) is 9.37 Å². The van der Waals surface area contributed by atoms with Crippen LogP contribution in [0.2, 0.25) is 0 Å². The number of aromatic nitrogens is 3. The Morgan fingerprint density at radius 3 is 2.62 bits per heavy atom. The van der Waals surface area contributed by atoms with Crippen LogP contribution in [0.1, 0.15) is 17.7 Å². The van der Waals surface area contributed by atoms with Gasteiger partial charge in [-0.2, -0.15) is 0 Å². The van der Waals surface area contributed by atoms with Crippen LogP contribution >= 0.6 is 0 Å². The number of hydrogen-bond donors (Lipinski definition) is 0. The van der Waals surface area contributed by atoms with Crippen LogP contribution in [0.4, 0.5) is 4.39 Å². The van der Waals surface area contributed by atoms with E-state index in [1.807, 2.05) is 42.9 Å². The molecule has 0 atom stereocenters. The molecule has 4 nitrogen and oxygen atoms in total. The van der Waals surface area contributed by atoms with Crippen molar-refractivity contribution >= 4 is 0 Å². The first-order valence-electron chi connectivity index (χ1n) is 8.12. The quantitative estimate of drug-likeness (QED) is 0.636. The largest absolute Gasteiger partial charge is 0.337 e. The highest BCUT2D eigenvalue weighted by Crippen LogP contribution is 2.13. The van der Waals surface area contributed by atoms with Gasteiger partial charge in [0, 0.05) is 50.3 Å². The molecule has 5 heteroatoms. The van der Waals surface area contributed by atoms with Gasteiger partial charge in [0.1, 0.15) is 5.82 Å². The molecule has 2 heterocycles. The number of benzene rings is 1. The van der Waals surface area contributed by atoms with Crippen LogP contribution in [0.5, 0.6) is 0 Å². The Bertz CT molecular complexity index is 728. The van der Waals surface area contributed by atoms with E-state index in [2.05, 4.69) is 19.4 Å². The zero-order valence-corrected chi connectivity index (χ0v) is 13.6. The highest BCUT2D eigenvalue weighted by Gasteiger charge is 2.10. The van der Waals surface area contributed by atoms with Crippen LogP contribution in [0.25, 0.3) is 0 Å². The fraction of sp³-hybridized carbons (Fsp3) is 0.263. The molecule has 2 aromatic heterocycles. The van der Waals surface area contributed by atoms with Crippen LogP contribution in [0, 0.1) is 5.82 Å². The Kier molecular flexibility index (Phi) is 5.69. The van der Waals surface area contributed by atoms with Gasteiger partial charge in [-0.05, 0) is 24.6 Å². The van der Waals surface area contributed by atoms with Crippen molar-refractivity contribution in [1.29, 1.82) is 0 Å². The minimum atomic E-state index is -0.155. The van der Waals surface area contributed by atoms with Crippen molar-refractivity contribution in [3.8, 4) is 0 Å². The van der Waals surface area contributed by atoms with E-state index in [4.69, 9.17) is 0 Å². The topological polar surface area (TPSA) is 34.0 Å². The van der Waals surface area contributed by atoms with Gasteiger partial charge < -0.3 is 4.57 Å². The molecule has 0 unspecified atom stereocenters. The summed E-state index contributed by atoms with van der Waals surface area (Å²) in [6, 6.07) is 12.9. The molecule has 0 radical (unpaired) electrons. The van der Waals surface area contributed by atoms with E-state index in [1.54, 1.807) is 18.5 Å². The summed E-state index contributed by atoms with van der Waals surface area (Å²) in [5.74, 6) is -0.155. The molecule has 3 rings (SSSR count). The monoisotopic (exact) mass is 324 g/mol. The molecule has 3 aromatic rings. The Hall–Kier alpha value is -2.53. The summed E-state index contributed by atoms with van der Waals surface area (Å²) in [5.41, 5.74) is 1.72. The van der Waals surface area contributed by atoms with Crippen LogP contribution < -0.4 is 0 Å². The lowest BCUT2D eigenvalue weighted by Gasteiger charge is -2.22. The molecule has 0 saturated heterocycles. The van der Waals surface area contributed by atoms with E-state index in [1.165, 1.54) is 6.07 Å². The molecule has 0 fully saturated rings. The second kappa shape index (κ2) is 8.36. The lowest BCUT2D eigenvalue weighted by Crippen LogP contribution is -2.25. The molecule has 0 aliphatic rings. The standard InChI is InChI=1S/C19H21FN4/c20-19-8-2-1-6-17(19)14-24(15-18-7-3-4-9-22-18)12-5-11-23-13-10-21-16-23/h1-4,6-10,13,16H,5,11-12,14-15H2. The normalized spacial score (nSPS) is 11.1. The average molecular weight is 324 g/mol. The summed E-state index contributed by atoms with van der Waals surface area (Å²) >= 11 is 0. The highest BCUT2D eigenvalue weighted by molar-refractivity contribution is 5.17. The lowest BCUT2D eigenvalue weighted by atomic mass is 10.2. The number of pyridine rings is 1. The van der Waals surface area contributed by atoms with Crippen LogP contribution in [-0.2, 0) is 19.6 Å². The number of halogens is 1. The molecule has 0 N–H and O–H groups in total. The third kappa shape index (κ3) is 4.73. The molecule has 0 aliphatic carbocycles. The van der Waals surface area contributed by atoms with Gasteiger partial charge in [-0.15, -0.1) is 0 Å². The number of imidazole rings is 1. The van der Waals surface area contributed by atoms with E-state index in [-0.39, 0.29) is 5.82 Å². The minimum absolute atomic E-state index is 0.155. The second-order valence-corrected chi connectivity index (χ2v) is 5.78. The van der Waals surface area contributed by atoms with Crippen LogP contribution in [0.15, 0.2) is 67.4 Å². The SMILES string of the molecule is Fc1ccccc1CN(CCCn1ccnc1)Cc1ccccn1. The predicted molar refractivity (Wildman–Crippen MR) is 91.6 cm³/mol. The number of nitrogens with zero attached hydrogens (tertiary/aromatic N) is 4.